The molecule has 1 unspecified atom stereocenters. The lowest BCUT2D eigenvalue weighted by atomic mass is 9.98. The lowest BCUT2D eigenvalue weighted by Crippen LogP contribution is -2.51. The number of carbonyl (C=O) groups is 2. The number of piperazine rings is 1. The lowest BCUT2D eigenvalue weighted by Gasteiger charge is -2.39. The molecule has 0 spiro atoms. The Morgan fingerprint density at radius 1 is 0.795 bits per heavy atom. The van der Waals surface area contributed by atoms with Crippen molar-refractivity contribution in [1.82, 2.24) is 10.2 Å². The normalized spacial score (nSPS) is 14.6. The fourth-order valence-electron chi connectivity index (χ4n) is 5.40. The van der Waals surface area contributed by atoms with Crippen molar-refractivity contribution in [2.75, 3.05) is 49.5 Å². The second kappa shape index (κ2) is 13.7. The van der Waals surface area contributed by atoms with Gasteiger partial charge in [0, 0.05) is 49.7 Å². The zero-order chi connectivity index (χ0) is 31.1. The smallest absolute Gasteiger partial charge is 0.395 e. The second-order valence-corrected chi connectivity index (χ2v) is 10.5. The highest BCUT2D eigenvalue weighted by molar-refractivity contribution is 6.08. The van der Waals surface area contributed by atoms with Crippen LogP contribution in [0.15, 0.2) is 103 Å². The molecule has 44 heavy (non-hydrogen) atoms. The minimum Gasteiger partial charge on any atom is -0.395 e. The van der Waals surface area contributed by atoms with Crippen molar-refractivity contribution in [3.05, 3.63) is 120 Å². The third kappa shape index (κ3) is 7.27. The molecule has 1 fully saturated rings. The van der Waals surface area contributed by atoms with Gasteiger partial charge in [-0.2, -0.15) is 13.2 Å². The third-order valence-electron chi connectivity index (χ3n) is 7.64. The van der Waals surface area contributed by atoms with E-state index >= 15 is 0 Å². The number of hydrogen-bond donors (Lipinski definition) is 3. The number of alkyl halides is 3. The molecule has 0 bridgehead atoms. The van der Waals surface area contributed by atoms with E-state index in [4.69, 9.17) is 5.11 Å². The van der Waals surface area contributed by atoms with E-state index in [1.165, 1.54) is 12.1 Å². The van der Waals surface area contributed by atoms with Gasteiger partial charge in [-0.15, -0.1) is 0 Å². The number of carbonyl (C=O) groups excluding carboxylic acids is 2. The molecule has 228 valence electrons. The average molecular weight is 603 g/mol. The number of hydrogen-bond acceptors (Lipinski definition) is 5. The van der Waals surface area contributed by atoms with E-state index in [1.54, 1.807) is 24.3 Å². The molecule has 0 aliphatic carbocycles. The van der Waals surface area contributed by atoms with Crippen molar-refractivity contribution in [3.63, 3.8) is 0 Å². The number of rotatable bonds is 9. The number of aliphatic hydroxyl groups is 1. The monoisotopic (exact) mass is 602 g/mol. The first-order valence-electron chi connectivity index (χ1n) is 14.3. The SMILES string of the molecule is O=C(Nc1ccc(N2CCN(C(C(=O)NCCO)c3ccccc3)CC2)cc1)c1ccccc1-c1ccc(C(F)(F)F)cc1. The number of nitrogens with one attached hydrogen (secondary N) is 2. The van der Waals surface area contributed by atoms with Crippen LogP contribution in [0.1, 0.15) is 27.5 Å². The summed E-state index contributed by atoms with van der Waals surface area (Å²) in [7, 11) is 0. The standard InChI is InChI=1S/C34H33F3N4O3/c35-34(36,37)26-12-10-24(11-13-26)29-8-4-5-9-30(29)32(43)39-27-14-16-28(17-15-27)40-19-21-41(22-20-40)31(33(44)38-18-23-42)25-6-2-1-3-7-25/h1-17,31,42H,18-23H2,(H,38,44)(H,39,43). The molecule has 0 aromatic heterocycles. The molecule has 1 aliphatic heterocycles. The van der Waals surface area contributed by atoms with Gasteiger partial charge in [0.25, 0.3) is 5.91 Å². The molecule has 4 aromatic rings. The number of anilines is 2. The topological polar surface area (TPSA) is 84.9 Å². The predicted octanol–water partition coefficient (Wildman–Crippen LogP) is 5.60. The first-order valence-corrected chi connectivity index (χ1v) is 14.3. The summed E-state index contributed by atoms with van der Waals surface area (Å²) >= 11 is 0. The number of halogens is 3. The summed E-state index contributed by atoms with van der Waals surface area (Å²) in [6, 6.07) is 28.2. The molecular weight excluding hydrogens is 569 g/mol. The van der Waals surface area contributed by atoms with E-state index in [0.717, 1.165) is 23.4 Å². The molecule has 1 heterocycles. The van der Waals surface area contributed by atoms with Gasteiger partial charge in [-0.1, -0.05) is 60.7 Å². The van der Waals surface area contributed by atoms with E-state index in [0.29, 0.717) is 48.6 Å². The van der Waals surface area contributed by atoms with Gasteiger partial charge in [-0.25, -0.2) is 0 Å². The molecule has 2 amide bonds. The highest BCUT2D eigenvalue weighted by Crippen LogP contribution is 2.32. The van der Waals surface area contributed by atoms with E-state index in [1.807, 2.05) is 54.6 Å². The summed E-state index contributed by atoms with van der Waals surface area (Å²) < 4.78 is 39.0. The zero-order valence-electron chi connectivity index (χ0n) is 23.9. The average Bonchev–Trinajstić information content (AvgIpc) is 3.05. The molecule has 7 nitrogen and oxygen atoms in total. The van der Waals surface area contributed by atoms with Crippen LogP contribution in [0.4, 0.5) is 24.5 Å². The first kappa shape index (κ1) is 30.8. The molecule has 1 aliphatic rings. The maximum Gasteiger partial charge on any atom is 0.416 e. The lowest BCUT2D eigenvalue weighted by molar-refractivity contribution is -0.137. The number of nitrogens with zero attached hydrogens (tertiary/aromatic N) is 2. The Morgan fingerprint density at radius 2 is 1.43 bits per heavy atom. The third-order valence-corrected chi connectivity index (χ3v) is 7.64. The van der Waals surface area contributed by atoms with Crippen molar-refractivity contribution in [2.24, 2.45) is 0 Å². The second-order valence-electron chi connectivity index (χ2n) is 10.5. The van der Waals surface area contributed by atoms with E-state index < -0.39 is 17.8 Å². The molecule has 10 heteroatoms. The van der Waals surface area contributed by atoms with Crippen LogP contribution < -0.4 is 15.5 Å². The van der Waals surface area contributed by atoms with Gasteiger partial charge in [-0.3, -0.25) is 14.5 Å². The summed E-state index contributed by atoms with van der Waals surface area (Å²) in [4.78, 5) is 30.5. The number of benzene rings is 4. The van der Waals surface area contributed by atoms with Gasteiger partial charge in [0.15, 0.2) is 0 Å². The Morgan fingerprint density at radius 3 is 2.07 bits per heavy atom. The van der Waals surface area contributed by atoms with Crippen LogP contribution in [-0.4, -0.2) is 61.2 Å². The highest BCUT2D eigenvalue weighted by Gasteiger charge is 2.31. The minimum absolute atomic E-state index is 0.122. The van der Waals surface area contributed by atoms with Crippen molar-refractivity contribution in [3.8, 4) is 11.1 Å². The number of aliphatic hydroxyl groups excluding tert-OH is 1. The van der Waals surface area contributed by atoms with E-state index in [-0.39, 0.29) is 25.0 Å². The van der Waals surface area contributed by atoms with Gasteiger partial charge in [0.2, 0.25) is 5.91 Å². The largest absolute Gasteiger partial charge is 0.416 e. The Labute approximate surface area is 253 Å². The van der Waals surface area contributed by atoms with Crippen LogP contribution in [0, 0.1) is 0 Å². The van der Waals surface area contributed by atoms with E-state index in [2.05, 4.69) is 20.4 Å². The fraction of sp³-hybridized carbons (Fsp3) is 0.235. The Balaban J connectivity index is 1.23. The van der Waals surface area contributed by atoms with Crippen molar-refractivity contribution in [2.45, 2.75) is 12.2 Å². The van der Waals surface area contributed by atoms with Crippen molar-refractivity contribution >= 4 is 23.2 Å². The van der Waals surface area contributed by atoms with E-state index in [9.17, 15) is 22.8 Å². The van der Waals surface area contributed by atoms with Gasteiger partial charge in [0.05, 0.1) is 12.2 Å². The summed E-state index contributed by atoms with van der Waals surface area (Å²) in [5, 5.41) is 14.9. The molecule has 1 atom stereocenters. The summed E-state index contributed by atoms with van der Waals surface area (Å²) in [6.45, 7) is 2.79. The maximum atomic E-state index is 13.2. The first-order chi connectivity index (χ1) is 21.2. The summed E-state index contributed by atoms with van der Waals surface area (Å²) in [5.74, 6) is -0.507. The minimum atomic E-state index is -4.43. The van der Waals surface area contributed by atoms with Crippen molar-refractivity contribution in [1.29, 1.82) is 0 Å². The van der Waals surface area contributed by atoms with Crippen LogP contribution in [0.2, 0.25) is 0 Å². The maximum absolute atomic E-state index is 13.2. The van der Waals surface area contributed by atoms with Gasteiger partial charge in [0.1, 0.15) is 6.04 Å². The molecule has 5 rings (SSSR count). The van der Waals surface area contributed by atoms with Gasteiger partial charge < -0.3 is 20.6 Å². The summed E-state index contributed by atoms with van der Waals surface area (Å²) in [5.41, 5.74) is 3.12. The van der Waals surface area contributed by atoms with Crippen LogP contribution in [0.25, 0.3) is 11.1 Å². The van der Waals surface area contributed by atoms with Crippen LogP contribution in [0.5, 0.6) is 0 Å². The number of amides is 2. The zero-order valence-corrected chi connectivity index (χ0v) is 23.9. The Bertz CT molecular complexity index is 1550. The fourth-order valence-corrected chi connectivity index (χ4v) is 5.40. The van der Waals surface area contributed by atoms with Crippen LogP contribution >= 0.6 is 0 Å². The highest BCUT2D eigenvalue weighted by atomic mass is 19.4. The molecule has 3 N–H and O–H groups in total. The molecule has 1 saturated heterocycles. The quantitative estimate of drug-likeness (QED) is 0.233. The van der Waals surface area contributed by atoms with Crippen LogP contribution in [-0.2, 0) is 11.0 Å². The molecule has 0 saturated carbocycles. The molecular formula is C34H33F3N4O3. The van der Waals surface area contributed by atoms with Gasteiger partial charge in [-0.05, 0) is 59.2 Å². The molecule has 4 aromatic carbocycles. The van der Waals surface area contributed by atoms with Crippen molar-refractivity contribution < 1.29 is 27.9 Å². The predicted molar refractivity (Wildman–Crippen MR) is 164 cm³/mol. The van der Waals surface area contributed by atoms with Gasteiger partial charge >= 0.3 is 6.18 Å². The Hall–Kier alpha value is -4.67. The molecule has 0 radical (unpaired) electrons. The van der Waals surface area contributed by atoms with Crippen LogP contribution in [0.3, 0.4) is 0 Å². The Kier molecular flexibility index (Phi) is 9.62. The summed E-state index contributed by atoms with van der Waals surface area (Å²) in [6.07, 6.45) is -4.43.